The van der Waals surface area contributed by atoms with Crippen molar-refractivity contribution in [1.29, 1.82) is 0 Å². The lowest BCUT2D eigenvalue weighted by atomic mass is 10.1. The normalized spacial score (nSPS) is 20.9. The third kappa shape index (κ3) is 1.66. The van der Waals surface area contributed by atoms with Crippen molar-refractivity contribution in [3.8, 4) is 0 Å². The van der Waals surface area contributed by atoms with Gasteiger partial charge in [0.1, 0.15) is 5.52 Å². The van der Waals surface area contributed by atoms with Gasteiger partial charge < -0.3 is 9.73 Å². The first-order chi connectivity index (χ1) is 7.42. The zero-order valence-electron chi connectivity index (χ0n) is 8.31. The maximum atomic E-state index is 5.29. The van der Waals surface area contributed by atoms with Gasteiger partial charge in [-0.3, -0.25) is 4.98 Å². The van der Waals surface area contributed by atoms with Crippen LogP contribution in [0, 0.1) is 0 Å². The highest BCUT2D eigenvalue weighted by Gasteiger charge is 2.11. The van der Waals surface area contributed by atoms with Crippen molar-refractivity contribution in [1.82, 2.24) is 10.3 Å². The molecule has 0 spiro atoms. The molecule has 3 nitrogen and oxygen atoms in total. The zero-order chi connectivity index (χ0) is 10.1. The third-order valence-electron chi connectivity index (χ3n) is 2.71. The third-order valence-corrected chi connectivity index (χ3v) is 2.71. The van der Waals surface area contributed by atoms with Crippen LogP contribution in [0.4, 0.5) is 0 Å². The van der Waals surface area contributed by atoms with E-state index in [1.54, 1.807) is 6.26 Å². The minimum absolute atomic E-state index is 0.539. The molecule has 0 bridgehead atoms. The Morgan fingerprint density at radius 2 is 2.47 bits per heavy atom. The summed E-state index contributed by atoms with van der Waals surface area (Å²) < 4.78 is 5.29. The van der Waals surface area contributed by atoms with Gasteiger partial charge in [0, 0.05) is 18.3 Å². The van der Waals surface area contributed by atoms with Crippen LogP contribution in [0.25, 0.3) is 17.2 Å². The Balaban J connectivity index is 1.86. The molecular formula is C12H12N2O. The molecule has 0 aliphatic carbocycles. The highest BCUT2D eigenvalue weighted by molar-refractivity contribution is 5.74. The molecule has 1 saturated heterocycles. The predicted molar refractivity (Wildman–Crippen MR) is 59.5 cm³/mol. The van der Waals surface area contributed by atoms with Crippen molar-refractivity contribution < 1.29 is 4.42 Å². The predicted octanol–water partition coefficient (Wildman–Crippen LogP) is 2.20. The van der Waals surface area contributed by atoms with Gasteiger partial charge in [0.2, 0.25) is 0 Å². The molecule has 3 rings (SSSR count). The second kappa shape index (κ2) is 3.51. The minimum atomic E-state index is 0.539. The number of nitrogens with one attached hydrogen (secondary N) is 1. The average molecular weight is 200 g/mol. The van der Waals surface area contributed by atoms with Crippen LogP contribution < -0.4 is 5.32 Å². The van der Waals surface area contributed by atoms with E-state index in [9.17, 15) is 0 Å². The Bertz CT molecular complexity index is 497. The van der Waals surface area contributed by atoms with Crippen molar-refractivity contribution in [2.75, 3.05) is 6.54 Å². The first kappa shape index (κ1) is 8.68. The molecule has 2 aromatic rings. The fourth-order valence-electron chi connectivity index (χ4n) is 1.66. The zero-order valence-corrected chi connectivity index (χ0v) is 8.31. The molecule has 76 valence electrons. The van der Waals surface area contributed by atoms with Crippen molar-refractivity contribution >= 4 is 17.2 Å². The van der Waals surface area contributed by atoms with Crippen LogP contribution >= 0.6 is 0 Å². The van der Waals surface area contributed by atoms with E-state index in [-0.39, 0.29) is 0 Å². The molecule has 1 N–H and O–H groups in total. The summed E-state index contributed by atoms with van der Waals surface area (Å²) >= 11 is 0. The van der Waals surface area contributed by atoms with E-state index in [2.05, 4.69) is 22.5 Å². The van der Waals surface area contributed by atoms with Crippen LogP contribution in [0.5, 0.6) is 0 Å². The SMILES string of the molecule is C(=CC1CCN1)c1cnc2ccoc2c1. The van der Waals surface area contributed by atoms with Crippen LogP contribution in [0.2, 0.25) is 0 Å². The van der Waals surface area contributed by atoms with E-state index in [0.29, 0.717) is 6.04 Å². The number of hydrogen-bond acceptors (Lipinski definition) is 3. The fraction of sp³-hybridized carbons (Fsp3) is 0.250. The van der Waals surface area contributed by atoms with Crippen LogP contribution in [-0.2, 0) is 0 Å². The van der Waals surface area contributed by atoms with Crippen LogP contribution in [0.15, 0.2) is 35.1 Å². The van der Waals surface area contributed by atoms with Gasteiger partial charge in [0.15, 0.2) is 5.58 Å². The van der Waals surface area contributed by atoms with E-state index >= 15 is 0 Å². The van der Waals surface area contributed by atoms with E-state index < -0.39 is 0 Å². The molecule has 1 fully saturated rings. The van der Waals surface area contributed by atoms with Crippen molar-refractivity contribution in [3.63, 3.8) is 0 Å². The highest BCUT2D eigenvalue weighted by atomic mass is 16.3. The number of hydrogen-bond donors (Lipinski definition) is 1. The Labute approximate surface area is 87.8 Å². The summed E-state index contributed by atoms with van der Waals surface area (Å²) in [6, 6.07) is 4.42. The lowest BCUT2D eigenvalue weighted by Gasteiger charge is -2.23. The maximum absolute atomic E-state index is 5.29. The molecule has 2 aromatic heterocycles. The second-order valence-electron chi connectivity index (χ2n) is 3.78. The van der Waals surface area contributed by atoms with Crippen LogP contribution in [0.1, 0.15) is 12.0 Å². The highest BCUT2D eigenvalue weighted by Crippen LogP contribution is 2.15. The number of pyridine rings is 1. The van der Waals surface area contributed by atoms with Crippen LogP contribution in [0.3, 0.4) is 0 Å². The van der Waals surface area contributed by atoms with Crippen molar-refractivity contribution in [2.45, 2.75) is 12.5 Å². The number of nitrogens with zero attached hydrogens (tertiary/aromatic N) is 1. The quantitative estimate of drug-likeness (QED) is 0.807. The molecule has 3 heterocycles. The number of aromatic nitrogens is 1. The van der Waals surface area contributed by atoms with Gasteiger partial charge in [-0.25, -0.2) is 0 Å². The lowest BCUT2D eigenvalue weighted by molar-refractivity contribution is 0.438. The summed E-state index contributed by atoms with van der Waals surface area (Å²) in [5.41, 5.74) is 2.85. The Morgan fingerprint density at radius 3 is 3.27 bits per heavy atom. The van der Waals surface area contributed by atoms with E-state index in [0.717, 1.165) is 23.2 Å². The monoisotopic (exact) mass is 200 g/mol. The molecule has 15 heavy (non-hydrogen) atoms. The molecule has 0 radical (unpaired) electrons. The average Bonchev–Trinajstić information content (AvgIpc) is 2.62. The molecule has 1 atom stereocenters. The molecular weight excluding hydrogens is 188 g/mol. The van der Waals surface area contributed by atoms with Crippen molar-refractivity contribution in [3.05, 3.63) is 36.2 Å². The fourth-order valence-corrected chi connectivity index (χ4v) is 1.66. The summed E-state index contributed by atoms with van der Waals surface area (Å²) in [5, 5.41) is 3.32. The summed E-state index contributed by atoms with van der Waals surface area (Å²) in [6.45, 7) is 1.13. The van der Waals surface area contributed by atoms with Gasteiger partial charge in [-0.15, -0.1) is 0 Å². The summed E-state index contributed by atoms with van der Waals surface area (Å²) in [4.78, 5) is 4.30. The molecule has 0 amide bonds. The van der Waals surface area contributed by atoms with Gasteiger partial charge >= 0.3 is 0 Å². The molecule has 3 heteroatoms. The number of furan rings is 1. The number of rotatable bonds is 2. The Morgan fingerprint density at radius 1 is 1.53 bits per heavy atom. The number of fused-ring (bicyclic) bond motifs is 1. The summed E-state index contributed by atoms with van der Waals surface area (Å²) in [7, 11) is 0. The minimum Gasteiger partial charge on any atom is -0.463 e. The molecule has 0 saturated carbocycles. The van der Waals surface area contributed by atoms with Crippen molar-refractivity contribution in [2.24, 2.45) is 0 Å². The van der Waals surface area contributed by atoms with Gasteiger partial charge in [0.25, 0.3) is 0 Å². The summed E-state index contributed by atoms with van der Waals surface area (Å²) in [6.07, 6.45) is 9.03. The van der Waals surface area contributed by atoms with Gasteiger partial charge in [0.05, 0.1) is 6.26 Å². The van der Waals surface area contributed by atoms with Gasteiger partial charge in [-0.2, -0.15) is 0 Å². The van der Waals surface area contributed by atoms with Crippen LogP contribution in [-0.4, -0.2) is 17.6 Å². The van der Waals surface area contributed by atoms with Gasteiger partial charge in [-0.05, 0) is 24.6 Å². The second-order valence-corrected chi connectivity index (χ2v) is 3.78. The largest absolute Gasteiger partial charge is 0.463 e. The summed E-state index contributed by atoms with van der Waals surface area (Å²) in [5.74, 6) is 0. The first-order valence-electron chi connectivity index (χ1n) is 5.17. The molecule has 1 aliphatic rings. The molecule has 0 aromatic carbocycles. The van der Waals surface area contributed by atoms with E-state index in [4.69, 9.17) is 4.42 Å². The maximum Gasteiger partial charge on any atom is 0.152 e. The first-order valence-corrected chi connectivity index (χ1v) is 5.17. The molecule has 1 unspecified atom stereocenters. The molecule has 1 aliphatic heterocycles. The van der Waals surface area contributed by atoms with E-state index in [1.165, 1.54) is 6.42 Å². The standard InChI is InChI=1S/C12H12N2O/c1(2-10-3-5-13-10)9-7-12-11(14-8-9)4-6-15-12/h1-2,4,6-8,10,13H,3,5H2. The Kier molecular flexibility index (Phi) is 2.03. The Hall–Kier alpha value is -1.61. The van der Waals surface area contributed by atoms with E-state index in [1.807, 2.05) is 18.3 Å². The topological polar surface area (TPSA) is 38.1 Å². The smallest absolute Gasteiger partial charge is 0.152 e. The van der Waals surface area contributed by atoms with Gasteiger partial charge in [-0.1, -0.05) is 12.2 Å². The lowest BCUT2D eigenvalue weighted by Crippen LogP contribution is -2.40.